The molecule has 1 unspecified atom stereocenters. The van der Waals surface area contributed by atoms with Crippen LogP contribution >= 0.6 is 11.3 Å². The predicted octanol–water partition coefficient (Wildman–Crippen LogP) is 4.97. The monoisotopic (exact) mass is 428 g/mol. The van der Waals surface area contributed by atoms with Gasteiger partial charge in [0.25, 0.3) is 0 Å². The lowest BCUT2D eigenvalue weighted by Crippen LogP contribution is -2.50. The number of alkyl halides is 3. The van der Waals surface area contributed by atoms with Crippen LogP contribution in [0, 0.1) is 5.82 Å². The van der Waals surface area contributed by atoms with Gasteiger partial charge < -0.3 is 5.32 Å². The number of nitrogens with zero attached hydrogens (tertiary/aromatic N) is 1. The molecular weight excluding hydrogens is 408 g/mol. The Bertz CT molecular complexity index is 848. The number of anilines is 1. The molecular formula is C20H20F4N2O2S. The summed E-state index contributed by atoms with van der Waals surface area (Å²) in [6, 6.07) is 5.63. The topological polar surface area (TPSA) is 49.4 Å². The second-order valence-corrected chi connectivity index (χ2v) is 7.89. The highest BCUT2D eigenvalue weighted by molar-refractivity contribution is 7.10. The fraction of sp³-hybridized carbons (Fsp3) is 0.400. The highest BCUT2D eigenvalue weighted by Crippen LogP contribution is 2.35. The van der Waals surface area contributed by atoms with Crippen molar-refractivity contribution in [3.8, 4) is 0 Å². The molecule has 3 rings (SSSR count). The minimum atomic E-state index is -5.23. The molecule has 2 aromatic rings. The van der Waals surface area contributed by atoms with E-state index in [2.05, 4.69) is 5.32 Å². The Morgan fingerprint density at radius 2 is 1.83 bits per heavy atom. The van der Waals surface area contributed by atoms with E-state index < -0.39 is 29.8 Å². The third-order valence-corrected chi connectivity index (χ3v) is 5.74. The number of thiophene rings is 1. The van der Waals surface area contributed by atoms with Gasteiger partial charge in [0.2, 0.25) is 5.91 Å². The van der Waals surface area contributed by atoms with E-state index in [1.54, 1.807) is 11.4 Å². The van der Waals surface area contributed by atoms with Crippen LogP contribution in [-0.4, -0.2) is 24.0 Å². The summed E-state index contributed by atoms with van der Waals surface area (Å²) in [5, 5.41) is 4.40. The Morgan fingerprint density at radius 1 is 1.10 bits per heavy atom. The number of halogens is 4. The van der Waals surface area contributed by atoms with Gasteiger partial charge in [-0.05, 0) is 42.5 Å². The van der Waals surface area contributed by atoms with Crippen molar-refractivity contribution in [2.45, 2.75) is 50.4 Å². The standard InChI is InChI=1S/C20H20F4N2O2S/c21-13-6-4-9-15(12-13)26(19(28)20(22,23)24)17(16-10-5-11-29-16)18(27)25-14-7-2-1-3-8-14/h4-6,9-12,14,17H,1-3,7-8H2,(H,25,27). The number of amides is 2. The summed E-state index contributed by atoms with van der Waals surface area (Å²) in [4.78, 5) is 26.0. The highest BCUT2D eigenvalue weighted by atomic mass is 32.1. The molecule has 1 aromatic heterocycles. The van der Waals surface area contributed by atoms with Crippen molar-refractivity contribution in [1.29, 1.82) is 0 Å². The van der Waals surface area contributed by atoms with Crippen LogP contribution in [0.15, 0.2) is 41.8 Å². The van der Waals surface area contributed by atoms with Crippen molar-refractivity contribution in [3.05, 3.63) is 52.5 Å². The van der Waals surface area contributed by atoms with Gasteiger partial charge in [0.15, 0.2) is 6.04 Å². The number of hydrogen-bond donors (Lipinski definition) is 1. The molecule has 0 spiro atoms. The molecule has 0 aliphatic heterocycles. The van der Waals surface area contributed by atoms with Crippen LogP contribution in [0.1, 0.15) is 43.0 Å². The van der Waals surface area contributed by atoms with Crippen molar-refractivity contribution in [3.63, 3.8) is 0 Å². The number of hydrogen-bond acceptors (Lipinski definition) is 3. The van der Waals surface area contributed by atoms with Crippen molar-refractivity contribution in [2.24, 2.45) is 0 Å². The summed E-state index contributed by atoms with van der Waals surface area (Å²) < 4.78 is 53.9. The molecule has 29 heavy (non-hydrogen) atoms. The smallest absolute Gasteiger partial charge is 0.351 e. The molecule has 1 aromatic carbocycles. The molecule has 2 amide bonds. The van der Waals surface area contributed by atoms with Crippen LogP contribution in [0.5, 0.6) is 0 Å². The fourth-order valence-corrected chi connectivity index (χ4v) is 4.31. The first-order valence-electron chi connectivity index (χ1n) is 9.27. The van der Waals surface area contributed by atoms with E-state index in [1.165, 1.54) is 18.2 Å². The normalized spacial score (nSPS) is 16.3. The van der Waals surface area contributed by atoms with Gasteiger partial charge in [0.05, 0.1) is 0 Å². The molecule has 156 valence electrons. The highest BCUT2D eigenvalue weighted by Gasteiger charge is 2.48. The first kappa shape index (κ1) is 21.3. The molecule has 0 bridgehead atoms. The second kappa shape index (κ2) is 8.94. The summed E-state index contributed by atoms with van der Waals surface area (Å²) in [5.74, 6) is -3.73. The van der Waals surface area contributed by atoms with Crippen LogP contribution in [0.3, 0.4) is 0 Å². The van der Waals surface area contributed by atoms with Gasteiger partial charge in [-0.1, -0.05) is 31.4 Å². The van der Waals surface area contributed by atoms with Gasteiger partial charge in [0.1, 0.15) is 5.82 Å². The first-order valence-corrected chi connectivity index (χ1v) is 10.1. The van der Waals surface area contributed by atoms with E-state index in [9.17, 15) is 27.2 Å². The molecule has 1 atom stereocenters. The van der Waals surface area contributed by atoms with Crippen molar-refractivity contribution >= 4 is 28.8 Å². The second-order valence-electron chi connectivity index (χ2n) is 6.91. The first-order chi connectivity index (χ1) is 13.8. The summed E-state index contributed by atoms with van der Waals surface area (Å²) in [5.41, 5.74) is -0.329. The van der Waals surface area contributed by atoms with E-state index in [0.717, 1.165) is 55.6 Å². The van der Waals surface area contributed by atoms with Gasteiger partial charge in [0, 0.05) is 16.6 Å². The average molecular weight is 428 g/mol. The summed E-state index contributed by atoms with van der Waals surface area (Å²) >= 11 is 1.06. The number of nitrogens with one attached hydrogen (secondary N) is 1. The Labute approximate surface area is 169 Å². The van der Waals surface area contributed by atoms with E-state index in [4.69, 9.17) is 0 Å². The number of carbonyl (C=O) groups excluding carboxylic acids is 2. The molecule has 9 heteroatoms. The predicted molar refractivity (Wildman–Crippen MR) is 102 cm³/mol. The largest absolute Gasteiger partial charge is 0.471 e. The zero-order valence-electron chi connectivity index (χ0n) is 15.4. The van der Waals surface area contributed by atoms with Gasteiger partial charge >= 0.3 is 12.1 Å². The molecule has 1 aliphatic carbocycles. The molecule has 1 aliphatic rings. The molecule has 4 nitrogen and oxygen atoms in total. The molecule has 1 fully saturated rings. The Kier molecular flexibility index (Phi) is 6.56. The molecule has 1 saturated carbocycles. The Hall–Kier alpha value is -2.42. The van der Waals surface area contributed by atoms with Crippen molar-refractivity contribution in [1.82, 2.24) is 5.32 Å². The average Bonchev–Trinajstić information content (AvgIpc) is 3.19. The van der Waals surface area contributed by atoms with Gasteiger partial charge in [-0.3, -0.25) is 14.5 Å². The van der Waals surface area contributed by atoms with Crippen molar-refractivity contribution in [2.75, 3.05) is 4.90 Å². The third kappa shape index (κ3) is 5.14. The number of benzene rings is 1. The van der Waals surface area contributed by atoms with Crippen LogP contribution in [-0.2, 0) is 9.59 Å². The van der Waals surface area contributed by atoms with Crippen LogP contribution < -0.4 is 10.2 Å². The minimum Gasteiger partial charge on any atom is -0.351 e. The van der Waals surface area contributed by atoms with Crippen molar-refractivity contribution < 1.29 is 27.2 Å². The van der Waals surface area contributed by atoms with Gasteiger partial charge in [-0.2, -0.15) is 13.2 Å². The van der Waals surface area contributed by atoms with Crippen LogP contribution in [0.2, 0.25) is 0 Å². The van der Waals surface area contributed by atoms with E-state index >= 15 is 0 Å². The maximum absolute atomic E-state index is 13.7. The molecule has 1 N–H and O–H groups in total. The summed E-state index contributed by atoms with van der Waals surface area (Å²) in [7, 11) is 0. The molecule has 1 heterocycles. The number of carbonyl (C=O) groups is 2. The maximum atomic E-state index is 13.7. The van der Waals surface area contributed by atoms with Gasteiger partial charge in [-0.25, -0.2) is 4.39 Å². The summed E-state index contributed by atoms with van der Waals surface area (Å²) in [6.45, 7) is 0. The third-order valence-electron chi connectivity index (χ3n) is 4.82. The lowest BCUT2D eigenvalue weighted by molar-refractivity contribution is -0.171. The van der Waals surface area contributed by atoms with Crippen LogP contribution in [0.4, 0.5) is 23.2 Å². The zero-order chi connectivity index (χ0) is 21.0. The number of rotatable bonds is 5. The SMILES string of the molecule is O=C(NC1CCCCC1)C(c1cccs1)N(C(=O)C(F)(F)F)c1cccc(F)c1. The fourth-order valence-electron chi connectivity index (χ4n) is 3.49. The molecule has 0 saturated heterocycles. The Balaban J connectivity index is 2.02. The lowest BCUT2D eigenvalue weighted by Gasteiger charge is -2.33. The minimum absolute atomic E-state index is 0.158. The lowest BCUT2D eigenvalue weighted by atomic mass is 9.95. The molecule has 0 radical (unpaired) electrons. The van der Waals surface area contributed by atoms with E-state index in [-0.39, 0.29) is 16.6 Å². The Morgan fingerprint density at radius 3 is 2.41 bits per heavy atom. The zero-order valence-corrected chi connectivity index (χ0v) is 16.2. The summed E-state index contributed by atoms with van der Waals surface area (Å²) in [6.07, 6.45) is -0.880. The van der Waals surface area contributed by atoms with E-state index in [1.807, 2.05) is 0 Å². The van der Waals surface area contributed by atoms with Gasteiger partial charge in [-0.15, -0.1) is 11.3 Å². The quantitative estimate of drug-likeness (QED) is 0.684. The maximum Gasteiger partial charge on any atom is 0.471 e. The van der Waals surface area contributed by atoms with Crippen LogP contribution in [0.25, 0.3) is 0 Å². The van der Waals surface area contributed by atoms with E-state index in [0.29, 0.717) is 4.90 Å².